The van der Waals surface area contributed by atoms with E-state index in [0.717, 1.165) is 31.2 Å². The fourth-order valence-corrected chi connectivity index (χ4v) is 4.09. The van der Waals surface area contributed by atoms with Gasteiger partial charge in [-0.3, -0.25) is 9.59 Å². The van der Waals surface area contributed by atoms with Crippen molar-refractivity contribution in [2.24, 2.45) is 0 Å². The van der Waals surface area contributed by atoms with Gasteiger partial charge in [0.15, 0.2) is 18.1 Å². The second-order valence-electron chi connectivity index (χ2n) is 8.63. The van der Waals surface area contributed by atoms with E-state index in [9.17, 15) is 14.9 Å². The molecular weight excluding hydrogens is 458 g/mol. The molecule has 2 N–H and O–H groups in total. The molecule has 0 atom stereocenters. The van der Waals surface area contributed by atoms with Crippen LogP contribution in [-0.4, -0.2) is 45.2 Å². The van der Waals surface area contributed by atoms with E-state index in [4.69, 9.17) is 14.2 Å². The molecule has 0 heterocycles. The van der Waals surface area contributed by atoms with Gasteiger partial charge in [0.25, 0.3) is 11.8 Å². The molecule has 0 aromatic heterocycles. The molecule has 0 bridgehead atoms. The molecule has 2 aromatic rings. The molecule has 36 heavy (non-hydrogen) atoms. The Balaban J connectivity index is 1.47. The van der Waals surface area contributed by atoms with Gasteiger partial charge >= 0.3 is 0 Å². The van der Waals surface area contributed by atoms with Crippen LogP contribution in [-0.2, 0) is 16.0 Å². The summed E-state index contributed by atoms with van der Waals surface area (Å²) < 4.78 is 16.1. The molecular formula is C28H33N3O5. The minimum absolute atomic E-state index is 0.00263. The van der Waals surface area contributed by atoms with Gasteiger partial charge in [-0.05, 0) is 60.7 Å². The first kappa shape index (κ1) is 26.6. The number of hydrogen-bond acceptors (Lipinski definition) is 6. The van der Waals surface area contributed by atoms with E-state index < -0.39 is 5.91 Å². The Labute approximate surface area is 212 Å². The number of carbonyl (C=O) groups excluding carboxylic acids is 2. The summed E-state index contributed by atoms with van der Waals surface area (Å²) in [6.07, 6.45) is 7.69. The average molecular weight is 492 g/mol. The molecule has 0 radical (unpaired) electrons. The first-order valence-corrected chi connectivity index (χ1v) is 12.2. The predicted octanol–water partition coefficient (Wildman–Crippen LogP) is 3.80. The van der Waals surface area contributed by atoms with Crippen molar-refractivity contribution in [2.75, 3.05) is 27.4 Å². The highest BCUT2D eigenvalue weighted by Gasteiger charge is 2.16. The van der Waals surface area contributed by atoms with Gasteiger partial charge < -0.3 is 24.8 Å². The number of methoxy groups -OCH3 is 2. The molecule has 2 aromatic carbocycles. The highest BCUT2D eigenvalue weighted by Crippen LogP contribution is 2.27. The Bertz CT molecular complexity index is 1100. The summed E-state index contributed by atoms with van der Waals surface area (Å²) in [4.78, 5) is 24.6. The number of nitrogens with one attached hydrogen (secondary N) is 2. The highest BCUT2D eigenvalue weighted by atomic mass is 16.5. The number of hydrogen-bond donors (Lipinski definition) is 2. The van der Waals surface area contributed by atoms with Crippen molar-refractivity contribution in [1.82, 2.24) is 10.6 Å². The van der Waals surface area contributed by atoms with Crippen LogP contribution in [0.25, 0.3) is 6.08 Å². The molecule has 1 fully saturated rings. The van der Waals surface area contributed by atoms with Crippen LogP contribution in [0.1, 0.15) is 43.2 Å². The second-order valence-corrected chi connectivity index (χ2v) is 8.63. The van der Waals surface area contributed by atoms with Gasteiger partial charge in [0.05, 0.1) is 14.2 Å². The summed E-state index contributed by atoms with van der Waals surface area (Å²) in [5.41, 5.74) is 1.65. The fraction of sp³-hybridized carbons (Fsp3) is 0.393. The predicted molar refractivity (Wildman–Crippen MR) is 137 cm³/mol. The zero-order valence-corrected chi connectivity index (χ0v) is 20.8. The lowest BCUT2D eigenvalue weighted by Crippen LogP contribution is -2.38. The lowest BCUT2D eigenvalue weighted by Gasteiger charge is -2.22. The van der Waals surface area contributed by atoms with Crippen molar-refractivity contribution in [1.29, 1.82) is 5.26 Å². The number of nitrogens with zero attached hydrogens (tertiary/aromatic N) is 1. The molecule has 8 heteroatoms. The summed E-state index contributed by atoms with van der Waals surface area (Å²) in [5.74, 6) is 1.24. The molecule has 1 aliphatic carbocycles. The summed E-state index contributed by atoms with van der Waals surface area (Å²) >= 11 is 0. The van der Waals surface area contributed by atoms with Crippen molar-refractivity contribution in [2.45, 2.75) is 44.6 Å². The van der Waals surface area contributed by atoms with Crippen molar-refractivity contribution < 1.29 is 23.8 Å². The maximum atomic E-state index is 12.5. The van der Waals surface area contributed by atoms with Crippen molar-refractivity contribution in [3.8, 4) is 23.3 Å². The SMILES string of the molecule is COc1ccc(CCNC(=O)/C(C#N)=C/c2ccc(OCC(=O)NC3CCCCC3)cc2)cc1OC. The Hall–Kier alpha value is -3.99. The number of rotatable bonds is 11. The van der Waals surface area contributed by atoms with E-state index in [1.807, 2.05) is 24.3 Å². The van der Waals surface area contributed by atoms with Crippen LogP contribution in [0.15, 0.2) is 48.0 Å². The Morgan fingerprint density at radius 3 is 2.42 bits per heavy atom. The van der Waals surface area contributed by atoms with Crippen LogP contribution in [0.5, 0.6) is 17.2 Å². The lowest BCUT2D eigenvalue weighted by molar-refractivity contribution is -0.124. The van der Waals surface area contributed by atoms with Gasteiger partial charge in [-0.15, -0.1) is 0 Å². The maximum Gasteiger partial charge on any atom is 0.261 e. The number of nitriles is 1. The lowest BCUT2D eigenvalue weighted by atomic mass is 9.95. The quantitative estimate of drug-likeness (QED) is 0.366. The van der Waals surface area contributed by atoms with E-state index in [0.29, 0.717) is 35.8 Å². The normalized spacial score (nSPS) is 13.9. The third kappa shape index (κ3) is 8.05. The van der Waals surface area contributed by atoms with Gasteiger partial charge in [0.2, 0.25) is 0 Å². The standard InChI is InChI=1S/C28H33N3O5/c1-34-25-13-10-21(17-26(25)35-2)14-15-30-28(33)22(18-29)16-20-8-11-24(12-9-20)36-19-27(32)31-23-6-4-3-5-7-23/h8-13,16-17,23H,3-7,14-15,19H2,1-2H3,(H,30,33)(H,31,32)/b22-16+. The molecule has 0 saturated heterocycles. The topological polar surface area (TPSA) is 110 Å². The molecule has 1 aliphatic rings. The highest BCUT2D eigenvalue weighted by molar-refractivity contribution is 6.01. The molecule has 8 nitrogen and oxygen atoms in total. The Morgan fingerprint density at radius 2 is 1.75 bits per heavy atom. The Morgan fingerprint density at radius 1 is 1.03 bits per heavy atom. The van der Waals surface area contributed by atoms with Crippen LogP contribution in [0, 0.1) is 11.3 Å². The minimum Gasteiger partial charge on any atom is -0.493 e. The third-order valence-electron chi connectivity index (χ3n) is 6.04. The van der Waals surface area contributed by atoms with E-state index in [-0.39, 0.29) is 24.1 Å². The second kappa shape index (κ2) is 13.8. The summed E-state index contributed by atoms with van der Waals surface area (Å²) in [7, 11) is 3.15. The fourth-order valence-electron chi connectivity index (χ4n) is 4.09. The molecule has 190 valence electrons. The maximum absolute atomic E-state index is 12.5. The van der Waals surface area contributed by atoms with Crippen LogP contribution >= 0.6 is 0 Å². The monoisotopic (exact) mass is 491 g/mol. The third-order valence-corrected chi connectivity index (χ3v) is 6.04. The Kier molecular flexibility index (Phi) is 10.2. The molecule has 0 spiro atoms. The summed E-state index contributed by atoms with van der Waals surface area (Å²) in [6.45, 7) is 0.320. The van der Waals surface area contributed by atoms with Gasteiger partial charge in [-0.25, -0.2) is 0 Å². The molecule has 3 rings (SSSR count). The summed E-state index contributed by atoms with van der Waals surface area (Å²) in [5, 5.41) is 15.2. The van der Waals surface area contributed by atoms with Crippen LogP contribution in [0.3, 0.4) is 0 Å². The largest absolute Gasteiger partial charge is 0.493 e. The number of benzene rings is 2. The van der Waals surface area contributed by atoms with E-state index in [1.54, 1.807) is 38.5 Å². The summed E-state index contributed by atoms with van der Waals surface area (Å²) in [6, 6.07) is 14.7. The van der Waals surface area contributed by atoms with Gasteiger partial charge in [-0.2, -0.15) is 5.26 Å². The zero-order chi connectivity index (χ0) is 25.8. The number of amides is 2. The van der Waals surface area contributed by atoms with Crippen LogP contribution in [0.4, 0.5) is 0 Å². The van der Waals surface area contributed by atoms with Crippen molar-refractivity contribution in [3.63, 3.8) is 0 Å². The van der Waals surface area contributed by atoms with E-state index in [1.165, 1.54) is 12.5 Å². The first-order chi connectivity index (χ1) is 17.5. The van der Waals surface area contributed by atoms with Crippen LogP contribution in [0.2, 0.25) is 0 Å². The van der Waals surface area contributed by atoms with Gasteiger partial charge in [0, 0.05) is 12.6 Å². The minimum atomic E-state index is -0.447. The van der Waals surface area contributed by atoms with Crippen molar-refractivity contribution >= 4 is 17.9 Å². The first-order valence-electron chi connectivity index (χ1n) is 12.2. The molecule has 2 amide bonds. The number of carbonyl (C=O) groups is 2. The van der Waals surface area contributed by atoms with Gasteiger partial charge in [0.1, 0.15) is 17.4 Å². The molecule has 0 unspecified atom stereocenters. The van der Waals surface area contributed by atoms with E-state index in [2.05, 4.69) is 10.6 Å². The molecule has 1 saturated carbocycles. The average Bonchev–Trinajstić information content (AvgIpc) is 2.91. The number of ether oxygens (including phenoxy) is 3. The van der Waals surface area contributed by atoms with Crippen molar-refractivity contribution in [3.05, 3.63) is 59.2 Å². The molecule has 0 aliphatic heterocycles. The smallest absolute Gasteiger partial charge is 0.261 e. The zero-order valence-electron chi connectivity index (χ0n) is 20.8. The van der Waals surface area contributed by atoms with E-state index >= 15 is 0 Å². The van der Waals surface area contributed by atoms with Crippen LogP contribution < -0.4 is 24.8 Å². The van der Waals surface area contributed by atoms with Gasteiger partial charge in [-0.1, -0.05) is 37.5 Å².